The van der Waals surface area contributed by atoms with Crippen LogP contribution in [0.5, 0.6) is 5.75 Å². The molecule has 2 amide bonds. The zero-order valence-corrected chi connectivity index (χ0v) is 14.3. The van der Waals surface area contributed by atoms with Crippen LogP contribution in [0.4, 0.5) is 4.79 Å². The van der Waals surface area contributed by atoms with E-state index in [4.69, 9.17) is 21.4 Å². The van der Waals surface area contributed by atoms with Crippen LogP contribution in [-0.4, -0.2) is 48.9 Å². The number of hydrogen-bond donors (Lipinski definition) is 2. The smallest absolute Gasteiger partial charge is 0.317 e. The third kappa shape index (κ3) is 5.59. The Morgan fingerprint density at radius 3 is 2.78 bits per heavy atom. The van der Waals surface area contributed by atoms with Crippen LogP contribution >= 0.6 is 11.6 Å². The van der Waals surface area contributed by atoms with Crippen molar-refractivity contribution in [1.29, 1.82) is 0 Å². The number of ether oxygens (including phenoxy) is 1. The van der Waals surface area contributed by atoms with E-state index in [-0.39, 0.29) is 18.7 Å². The molecule has 23 heavy (non-hydrogen) atoms. The Kier molecular flexibility index (Phi) is 6.99. The third-order valence-electron chi connectivity index (χ3n) is 4.39. The predicted molar refractivity (Wildman–Crippen MR) is 90.9 cm³/mol. The third-order valence-corrected chi connectivity index (χ3v) is 4.62. The summed E-state index contributed by atoms with van der Waals surface area (Å²) in [5, 5.41) is 12.7. The molecular weight excluding hydrogens is 316 g/mol. The first kappa shape index (κ1) is 17.9. The van der Waals surface area contributed by atoms with Gasteiger partial charge in [0, 0.05) is 24.7 Å². The van der Waals surface area contributed by atoms with Crippen molar-refractivity contribution in [3.8, 4) is 5.75 Å². The monoisotopic (exact) mass is 340 g/mol. The molecule has 128 valence electrons. The van der Waals surface area contributed by atoms with Gasteiger partial charge < -0.3 is 20.1 Å². The summed E-state index contributed by atoms with van der Waals surface area (Å²) in [4.78, 5) is 13.9. The standard InChI is InChI=1S/C17H25ClN2O3/c1-20(15-7-5-13(12-21)6-8-15)17(22)19-9-10-23-16-4-2-3-14(18)11-16/h2-4,11,13,15,21H,5-10,12H2,1H3,(H,19,22). The van der Waals surface area contributed by atoms with Gasteiger partial charge in [-0.1, -0.05) is 17.7 Å². The molecule has 0 bridgehead atoms. The molecule has 0 unspecified atom stereocenters. The number of urea groups is 1. The summed E-state index contributed by atoms with van der Waals surface area (Å²) in [7, 11) is 1.83. The number of nitrogens with zero attached hydrogens (tertiary/aromatic N) is 1. The lowest BCUT2D eigenvalue weighted by Gasteiger charge is -2.34. The highest BCUT2D eigenvalue weighted by atomic mass is 35.5. The summed E-state index contributed by atoms with van der Waals surface area (Å²) in [5.41, 5.74) is 0. The zero-order valence-electron chi connectivity index (χ0n) is 13.5. The molecule has 0 aliphatic heterocycles. The molecular formula is C17H25ClN2O3. The fraction of sp³-hybridized carbons (Fsp3) is 0.588. The maximum atomic E-state index is 12.1. The Balaban J connectivity index is 1.66. The number of rotatable bonds is 6. The maximum Gasteiger partial charge on any atom is 0.317 e. The number of aliphatic hydroxyl groups is 1. The topological polar surface area (TPSA) is 61.8 Å². The molecule has 0 atom stereocenters. The Bertz CT molecular complexity index is 504. The van der Waals surface area contributed by atoms with E-state index in [1.54, 1.807) is 17.0 Å². The van der Waals surface area contributed by atoms with Crippen molar-refractivity contribution in [2.24, 2.45) is 5.92 Å². The van der Waals surface area contributed by atoms with Crippen molar-refractivity contribution >= 4 is 17.6 Å². The first-order valence-electron chi connectivity index (χ1n) is 8.10. The van der Waals surface area contributed by atoms with E-state index in [1.165, 1.54) is 0 Å². The highest BCUT2D eigenvalue weighted by Gasteiger charge is 2.25. The maximum absolute atomic E-state index is 12.1. The van der Waals surface area contributed by atoms with E-state index in [0.29, 0.717) is 29.8 Å². The molecule has 1 aliphatic rings. The number of carbonyl (C=O) groups excluding carboxylic acids is 1. The molecule has 2 rings (SSSR count). The van der Waals surface area contributed by atoms with E-state index in [1.807, 2.05) is 19.2 Å². The van der Waals surface area contributed by atoms with Crippen LogP contribution in [0, 0.1) is 5.92 Å². The van der Waals surface area contributed by atoms with Gasteiger partial charge in [-0.25, -0.2) is 4.79 Å². The molecule has 0 heterocycles. The Morgan fingerprint density at radius 1 is 1.39 bits per heavy atom. The minimum absolute atomic E-state index is 0.0767. The van der Waals surface area contributed by atoms with Crippen molar-refractivity contribution in [2.45, 2.75) is 31.7 Å². The molecule has 0 saturated heterocycles. The largest absolute Gasteiger partial charge is 0.492 e. The van der Waals surface area contributed by atoms with Gasteiger partial charge in [0.05, 0.1) is 6.54 Å². The highest BCUT2D eigenvalue weighted by molar-refractivity contribution is 6.30. The SMILES string of the molecule is CN(C(=O)NCCOc1cccc(Cl)c1)C1CCC(CO)CC1. The lowest BCUT2D eigenvalue weighted by atomic mass is 9.86. The minimum Gasteiger partial charge on any atom is -0.492 e. The van der Waals surface area contributed by atoms with Crippen molar-refractivity contribution in [1.82, 2.24) is 10.2 Å². The molecule has 0 spiro atoms. The van der Waals surface area contributed by atoms with E-state index >= 15 is 0 Å². The molecule has 1 saturated carbocycles. The molecule has 0 aromatic heterocycles. The first-order chi connectivity index (χ1) is 11.1. The van der Waals surface area contributed by atoms with Crippen molar-refractivity contribution in [2.75, 3.05) is 26.8 Å². The number of amides is 2. The first-order valence-corrected chi connectivity index (χ1v) is 8.48. The van der Waals surface area contributed by atoms with Crippen LogP contribution in [-0.2, 0) is 0 Å². The number of aliphatic hydroxyl groups excluding tert-OH is 1. The lowest BCUT2D eigenvalue weighted by Crippen LogP contribution is -2.46. The predicted octanol–water partition coefficient (Wildman–Crippen LogP) is 2.91. The van der Waals surface area contributed by atoms with Gasteiger partial charge in [-0.2, -0.15) is 0 Å². The quantitative estimate of drug-likeness (QED) is 0.783. The molecule has 1 aliphatic carbocycles. The van der Waals surface area contributed by atoms with Gasteiger partial charge in [-0.15, -0.1) is 0 Å². The second-order valence-electron chi connectivity index (χ2n) is 6.01. The summed E-state index contributed by atoms with van der Waals surface area (Å²) < 4.78 is 5.55. The van der Waals surface area contributed by atoms with Gasteiger partial charge in [0.25, 0.3) is 0 Å². The van der Waals surface area contributed by atoms with Crippen LogP contribution in [0.25, 0.3) is 0 Å². The average Bonchev–Trinajstić information content (AvgIpc) is 2.58. The molecule has 1 aromatic carbocycles. The van der Waals surface area contributed by atoms with Crippen LogP contribution in [0.15, 0.2) is 24.3 Å². The van der Waals surface area contributed by atoms with Crippen molar-refractivity contribution in [3.63, 3.8) is 0 Å². The fourth-order valence-electron chi connectivity index (χ4n) is 2.89. The lowest BCUT2D eigenvalue weighted by molar-refractivity contribution is 0.133. The minimum atomic E-state index is -0.0767. The Hall–Kier alpha value is -1.46. The number of hydrogen-bond acceptors (Lipinski definition) is 3. The van der Waals surface area contributed by atoms with Gasteiger partial charge in [-0.05, 0) is 49.8 Å². The van der Waals surface area contributed by atoms with E-state index in [2.05, 4.69) is 5.32 Å². The summed E-state index contributed by atoms with van der Waals surface area (Å²) in [5.74, 6) is 1.09. The van der Waals surface area contributed by atoms with Crippen LogP contribution in [0.1, 0.15) is 25.7 Å². The zero-order chi connectivity index (χ0) is 16.7. The van der Waals surface area contributed by atoms with E-state index in [9.17, 15) is 4.79 Å². The van der Waals surface area contributed by atoms with Gasteiger partial charge in [0.15, 0.2) is 0 Å². The molecule has 2 N–H and O–H groups in total. The van der Waals surface area contributed by atoms with Crippen LogP contribution in [0.2, 0.25) is 5.02 Å². The summed E-state index contributed by atoms with van der Waals surface area (Å²) in [6, 6.07) is 7.37. The molecule has 1 aromatic rings. The van der Waals surface area contributed by atoms with Gasteiger partial charge >= 0.3 is 6.03 Å². The Morgan fingerprint density at radius 2 is 2.13 bits per heavy atom. The van der Waals surface area contributed by atoms with E-state index in [0.717, 1.165) is 25.7 Å². The fourth-order valence-corrected chi connectivity index (χ4v) is 3.07. The Labute approximate surface area is 142 Å². The number of halogens is 1. The molecule has 1 fully saturated rings. The number of carbonyl (C=O) groups is 1. The highest BCUT2D eigenvalue weighted by Crippen LogP contribution is 2.26. The van der Waals surface area contributed by atoms with Crippen molar-refractivity contribution in [3.05, 3.63) is 29.3 Å². The van der Waals surface area contributed by atoms with Gasteiger partial charge in [0.2, 0.25) is 0 Å². The van der Waals surface area contributed by atoms with E-state index < -0.39 is 0 Å². The summed E-state index contributed by atoms with van der Waals surface area (Å²) in [6.45, 7) is 1.10. The normalized spacial score (nSPS) is 20.8. The molecule has 6 heteroatoms. The van der Waals surface area contributed by atoms with Gasteiger partial charge in [0.1, 0.15) is 12.4 Å². The summed E-state index contributed by atoms with van der Waals surface area (Å²) in [6.07, 6.45) is 3.87. The van der Waals surface area contributed by atoms with Crippen LogP contribution < -0.4 is 10.1 Å². The molecule has 0 radical (unpaired) electrons. The summed E-state index contributed by atoms with van der Waals surface area (Å²) >= 11 is 5.88. The van der Waals surface area contributed by atoms with Crippen molar-refractivity contribution < 1.29 is 14.6 Å². The number of benzene rings is 1. The number of nitrogens with one attached hydrogen (secondary N) is 1. The molecule has 5 nitrogen and oxygen atoms in total. The second-order valence-corrected chi connectivity index (χ2v) is 6.44. The van der Waals surface area contributed by atoms with Gasteiger partial charge in [-0.3, -0.25) is 0 Å². The average molecular weight is 341 g/mol. The van der Waals surface area contributed by atoms with Crippen LogP contribution in [0.3, 0.4) is 0 Å². The second kappa shape index (κ2) is 8.99.